The van der Waals surface area contributed by atoms with Crippen molar-refractivity contribution in [2.24, 2.45) is 0 Å². The molecule has 0 atom stereocenters. The van der Waals surface area contributed by atoms with Crippen LogP contribution in [0.4, 0.5) is 0 Å². The maximum Gasteiger partial charge on any atom is -1.00 e. The summed E-state index contributed by atoms with van der Waals surface area (Å²) in [6, 6.07) is 26.8. The molecule has 0 saturated heterocycles. The number of hydrogen-bond donors (Lipinski definition) is 0. The molecule has 0 saturated carbocycles. The first-order chi connectivity index (χ1) is 13.7. The topological polar surface area (TPSA) is 0 Å². The van der Waals surface area contributed by atoms with E-state index in [9.17, 15) is 0 Å². The molecule has 3 heteroatoms. The normalized spacial score (nSPS) is 13.0. The van der Waals surface area contributed by atoms with Crippen LogP contribution in [0.25, 0.3) is 16.7 Å². The molecular formula is C27H24Cl2Zr. The smallest absolute Gasteiger partial charge is 1.00 e. The van der Waals surface area contributed by atoms with Crippen LogP contribution < -0.4 is 28.1 Å². The van der Waals surface area contributed by atoms with Crippen molar-refractivity contribution in [1.29, 1.82) is 0 Å². The Hall–Kier alpha value is -1.53. The number of hydrogen-bond acceptors (Lipinski definition) is 0. The first-order valence-electron chi connectivity index (χ1n) is 10.1. The molecule has 30 heavy (non-hydrogen) atoms. The molecule has 0 nitrogen and oxygen atoms in total. The molecule has 150 valence electrons. The zero-order chi connectivity index (χ0) is 19.1. The van der Waals surface area contributed by atoms with E-state index in [4.69, 9.17) is 0 Å². The van der Waals surface area contributed by atoms with E-state index in [2.05, 4.69) is 98.8 Å². The molecule has 0 radical (unpaired) electrons. The van der Waals surface area contributed by atoms with Gasteiger partial charge in [-0.05, 0) is 0 Å². The van der Waals surface area contributed by atoms with E-state index < -0.39 is 21.3 Å². The number of rotatable bonds is 3. The molecule has 2 aliphatic carbocycles. The van der Waals surface area contributed by atoms with Gasteiger partial charge in [0.2, 0.25) is 0 Å². The van der Waals surface area contributed by atoms with E-state index in [1.165, 1.54) is 27.8 Å². The molecule has 0 aromatic heterocycles. The SMILES string of the molecule is C[C](C)=[Zr+2]([C]1=CC(c2ccccc2)=CC1)[c]1cccc2c1Cc1ccccc1-2.[Cl-].[Cl-]. The second kappa shape index (κ2) is 9.73. The molecule has 2 aliphatic rings. The van der Waals surface area contributed by atoms with Gasteiger partial charge in [-0.2, -0.15) is 0 Å². The van der Waals surface area contributed by atoms with Crippen LogP contribution in [-0.4, -0.2) is 3.21 Å². The Balaban J connectivity index is 0.00000128. The largest absolute Gasteiger partial charge is 1.00 e. The summed E-state index contributed by atoms with van der Waals surface area (Å²) in [7, 11) is 0. The minimum absolute atomic E-state index is 0. The maximum absolute atomic E-state index is 2.51. The molecule has 0 bridgehead atoms. The first-order valence-corrected chi connectivity index (χ1v) is 13.8. The molecule has 0 fully saturated rings. The van der Waals surface area contributed by atoms with Gasteiger partial charge in [0.05, 0.1) is 0 Å². The Morgan fingerprint density at radius 2 is 1.47 bits per heavy atom. The molecule has 0 N–H and O–H groups in total. The molecule has 0 unspecified atom stereocenters. The van der Waals surface area contributed by atoms with E-state index >= 15 is 0 Å². The fraction of sp³-hybridized carbons (Fsp3) is 0.148. The Morgan fingerprint density at radius 3 is 2.23 bits per heavy atom. The van der Waals surface area contributed by atoms with Gasteiger partial charge >= 0.3 is 176 Å². The van der Waals surface area contributed by atoms with Crippen molar-refractivity contribution in [3.05, 3.63) is 105 Å². The predicted octanol–water partition coefficient (Wildman–Crippen LogP) is 0.0927. The molecule has 0 heterocycles. The zero-order valence-electron chi connectivity index (χ0n) is 17.3. The molecule has 3 aromatic rings. The fourth-order valence-electron chi connectivity index (χ4n) is 4.69. The van der Waals surface area contributed by atoms with E-state index in [-0.39, 0.29) is 24.8 Å². The van der Waals surface area contributed by atoms with Crippen LogP contribution in [0.2, 0.25) is 0 Å². The van der Waals surface area contributed by atoms with E-state index in [0.717, 1.165) is 12.8 Å². The van der Waals surface area contributed by atoms with Crippen molar-refractivity contribution in [3.8, 4) is 11.1 Å². The molecule has 3 aromatic carbocycles. The Bertz CT molecular complexity index is 1170. The number of benzene rings is 3. The molecular weight excluding hydrogens is 486 g/mol. The fourth-order valence-corrected chi connectivity index (χ4v) is 11.9. The molecule has 0 amide bonds. The van der Waals surface area contributed by atoms with Gasteiger partial charge in [-0.15, -0.1) is 0 Å². The minimum Gasteiger partial charge on any atom is -1.00 e. The second-order valence-corrected chi connectivity index (χ2v) is 15.1. The molecule has 0 aliphatic heterocycles. The average molecular weight is 511 g/mol. The summed E-state index contributed by atoms with van der Waals surface area (Å²) in [6.45, 7) is 4.75. The molecule has 5 rings (SSSR count). The van der Waals surface area contributed by atoms with Crippen LogP contribution in [0.5, 0.6) is 0 Å². The second-order valence-electron chi connectivity index (χ2n) is 7.94. The van der Waals surface area contributed by atoms with E-state index in [1.54, 1.807) is 15.3 Å². The quantitative estimate of drug-likeness (QED) is 0.367. The third-order valence-corrected chi connectivity index (χ3v) is 13.3. The third kappa shape index (κ3) is 4.13. The van der Waals surface area contributed by atoms with Gasteiger partial charge in [-0.1, -0.05) is 0 Å². The minimum atomic E-state index is -2.05. The Kier molecular flexibility index (Phi) is 7.51. The van der Waals surface area contributed by atoms with Gasteiger partial charge in [0, 0.05) is 0 Å². The van der Waals surface area contributed by atoms with Crippen LogP contribution >= 0.6 is 0 Å². The summed E-state index contributed by atoms with van der Waals surface area (Å²) in [5, 5.41) is 0. The van der Waals surface area contributed by atoms with Crippen LogP contribution in [-0.2, 0) is 27.7 Å². The molecule has 0 spiro atoms. The van der Waals surface area contributed by atoms with Crippen molar-refractivity contribution in [2.45, 2.75) is 26.7 Å². The Morgan fingerprint density at radius 1 is 0.767 bits per heavy atom. The Labute approximate surface area is 199 Å². The van der Waals surface area contributed by atoms with Gasteiger partial charge < -0.3 is 24.8 Å². The van der Waals surface area contributed by atoms with Crippen LogP contribution in [0.3, 0.4) is 0 Å². The van der Waals surface area contributed by atoms with Gasteiger partial charge in [0.1, 0.15) is 0 Å². The van der Waals surface area contributed by atoms with Crippen molar-refractivity contribution < 1.29 is 46.1 Å². The summed E-state index contributed by atoms with van der Waals surface area (Å²) in [5.41, 5.74) is 8.77. The van der Waals surface area contributed by atoms with Crippen molar-refractivity contribution in [1.82, 2.24) is 0 Å². The van der Waals surface area contributed by atoms with Crippen LogP contribution in [0, 0.1) is 0 Å². The summed E-state index contributed by atoms with van der Waals surface area (Å²) in [5.74, 6) is 0. The van der Waals surface area contributed by atoms with Gasteiger partial charge in [-0.25, -0.2) is 0 Å². The summed E-state index contributed by atoms with van der Waals surface area (Å²) < 4.78 is 5.07. The zero-order valence-corrected chi connectivity index (χ0v) is 21.2. The van der Waals surface area contributed by atoms with Crippen LogP contribution in [0.15, 0.2) is 88.2 Å². The summed E-state index contributed by atoms with van der Waals surface area (Å²) in [6.07, 6.45) is 7.18. The average Bonchev–Trinajstić information content (AvgIpc) is 3.34. The van der Waals surface area contributed by atoms with Crippen molar-refractivity contribution >= 4 is 12.1 Å². The number of allylic oxidation sites excluding steroid dienone is 4. The maximum atomic E-state index is 2.51. The summed E-state index contributed by atoms with van der Waals surface area (Å²) >= 11 is -2.05. The first kappa shape index (κ1) is 23.1. The van der Waals surface area contributed by atoms with Gasteiger partial charge in [0.25, 0.3) is 0 Å². The number of halogens is 2. The van der Waals surface area contributed by atoms with Gasteiger partial charge in [-0.3, -0.25) is 0 Å². The van der Waals surface area contributed by atoms with Gasteiger partial charge in [0.15, 0.2) is 0 Å². The summed E-state index contributed by atoms with van der Waals surface area (Å²) in [4.78, 5) is 0. The third-order valence-electron chi connectivity index (χ3n) is 5.92. The van der Waals surface area contributed by atoms with Crippen LogP contribution in [0.1, 0.15) is 37.0 Å². The predicted molar refractivity (Wildman–Crippen MR) is 118 cm³/mol. The van der Waals surface area contributed by atoms with Crippen molar-refractivity contribution in [3.63, 3.8) is 0 Å². The number of fused-ring (bicyclic) bond motifs is 3. The van der Waals surface area contributed by atoms with E-state index in [1.807, 2.05) is 0 Å². The van der Waals surface area contributed by atoms with Crippen molar-refractivity contribution in [2.75, 3.05) is 0 Å². The standard InChI is InChI=1S/C13H9.C11H9.C3H6.2ClH.Zr/c1-3-7-12-10(5-1)9-11-6-2-4-8-13(11)12;1-2-6-10(7-3-1)11-8-4-5-9-11;1-3-2;;;/h1-5,7-8H,9H2;1-3,6-9H,4H2;1-2H3;2*1H;/q;;;;;+2/p-2. The van der Waals surface area contributed by atoms with E-state index in [0.29, 0.717) is 0 Å². The monoisotopic (exact) mass is 508 g/mol.